The highest BCUT2D eigenvalue weighted by Gasteiger charge is 2.35. The van der Waals surface area contributed by atoms with Crippen LogP contribution >= 0.6 is 0 Å². The minimum absolute atomic E-state index is 0.510. The van der Waals surface area contributed by atoms with Gasteiger partial charge in [-0.25, -0.2) is 0 Å². The Hall–Kier alpha value is -0.590. The Balaban J connectivity index is 1.93. The van der Waals surface area contributed by atoms with Crippen molar-refractivity contribution < 1.29 is 4.79 Å². The van der Waals surface area contributed by atoms with E-state index in [1.165, 1.54) is 32.1 Å². The zero-order chi connectivity index (χ0) is 9.54. The summed E-state index contributed by atoms with van der Waals surface area (Å²) in [5.41, 5.74) is 3.51. The number of fused-ring (bicyclic) bond motifs is 2. The number of carbonyl (C=O) groups is 1. The maximum Gasteiger partial charge on any atom is 0.133 e. The van der Waals surface area contributed by atoms with Gasteiger partial charge in [0.1, 0.15) is 5.78 Å². The molecule has 0 amide bonds. The van der Waals surface area contributed by atoms with Crippen molar-refractivity contribution in [1.82, 2.24) is 0 Å². The number of ketones is 1. The van der Waals surface area contributed by atoms with Crippen molar-refractivity contribution >= 4 is 5.78 Å². The summed E-state index contributed by atoms with van der Waals surface area (Å²) in [7, 11) is 0. The van der Waals surface area contributed by atoms with Crippen molar-refractivity contribution in [1.29, 1.82) is 0 Å². The van der Waals surface area contributed by atoms with Crippen LogP contribution in [0.4, 0.5) is 0 Å². The molecule has 0 aliphatic heterocycles. The molecule has 0 aromatic carbocycles. The standard InChI is InChI=1S/C13H18O/c14-11-6-7-13-10(8-11)5-4-9-2-1-3-12(9)13/h9-10H,1-8H2. The van der Waals surface area contributed by atoms with Gasteiger partial charge in [-0.2, -0.15) is 0 Å². The molecule has 0 N–H and O–H groups in total. The summed E-state index contributed by atoms with van der Waals surface area (Å²) in [6.07, 6.45) is 9.67. The Labute approximate surface area is 85.6 Å². The smallest absolute Gasteiger partial charge is 0.133 e. The number of allylic oxidation sites excluding steroid dienone is 2. The maximum atomic E-state index is 11.4. The minimum Gasteiger partial charge on any atom is -0.300 e. The Bertz CT molecular complexity index is 300. The molecule has 2 saturated carbocycles. The summed E-state index contributed by atoms with van der Waals surface area (Å²) in [6.45, 7) is 0. The van der Waals surface area contributed by atoms with Gasteiger partial charge in [-0.3, -0.25) is 4.79 Å². The predicted molar refractivity (Wildman–Crippen MR) is 55.9 cm³/mol. The van der Waals surface area contributed by atoms with E-state index < -0.39 is 0 Å². The molecule has 1 heteroatoms. The third-order valence-corrected chi connectivity index (χ3v) is 4.41. The molecule has 3 rings (SSSR count). The van der Waals surface area contributed by atoms with Gasteiger partial charge in [0.2, 0.25) is 0 Å². The van der Waals surface area contributed by atoms with E-state index in [1.807, 2.05) is 0 Å². The topological polar surface area (TPSA) is 17.1 Å². The Morgan fingerprint density at radius 3 is 2.57 bits per heavy atom. The van der Waals surface area contributed by atoms with E-state index in [0.717, 1.165) is 25.2 Å². The number of rotatable bonds is 0. The second kappa shape index (κ2) is 3.22. The summed E-state index contributed by atoms with van der Waals surface area (Å²) in [5.74, 6) is 2.10. The van der Waals surface area contributed by atoms with Crippen LogP contribution in [-0.4, -0.2) is 5.78 Å². The zero-order valence-corrected chi connectivity index (χ0v) is 8.72. The lowest BCUT2D eigenvalue weighted by Crippen LogP contribution is -2.24. The van der Waals surface area contributed by atoms with Crippen LogP contribution in [0.1, 0.15) is 51.4 Å². The summed E-state index contributed by atoms with van der Waals surface area (Å²) in [6, 6.07) is 0. The highest BCUT2D eigenvalue weighted by molar-refractivity contribution is 5.80. The molecule has 2 fully saturated rings. The Morgan fingerprint density at radius 2 is 1.64 bits per heavy atom. The summed E-state index contributed by atoms with van der Waals surface area (Å²) in [5, 5.41) is 0. The van der Waals surface area contributed by atoms with Crippen LogP contribution in [0.3, 0.4) is 0 Å². The Kier molecular flexibility index (Phi) is 2.00. The molecule has 0 aromatic rings. The van der Waals surface area contributed by atoms with Crippen LogP contribution in [0.5, 0.6) is 0 Å². The zero-order valence-electron chi connectivity index (χ0n) is 8.72. The second-order valence-electron chi connectivity index (χ2n) is 5.16. The third-order valence-electron chi connectivity index (χ3n) is 4.41. The summed E-state index contributed by atoms with van der Waals surface area (Å²) in [4.78, 5) is 11.4. The maximum absolute atomic E-state index is 11.4. The van der Waals surface area contributed by atoms with Crippen LogP contribution in [0.25, 0.3) is 0 Å². The molecule has 0 saturated heterocycles. The van der Waals surface area contributed by atoms with Crippen LogP contribution in [-0.2, 0) is 4.79 Å². The van der Waals surface area contributed by atoms with Gasteiger partial charge in [-0.15, -0.1) is 0 Å². The molecule has 0 heterocycles. The Morgan fingerprint density at radius 1 is 0.857 bits per heavy atom. The van der Waals surface area contributed by atoms with E-state index >= 15 is 0 Å². The monoisotopic (exact) mass is 190 g/mol. The van der Waals surface area contributed by atoms with Gasteiger partial charge < -0.3 is 0 Å². The molecule has 0 aromatic heterocycles. The van der Waals surface area contributed by atoms with Crippen molar-refractivity contribution in [2.45, 2.75) is 51.4 Å². The van der Waals surface area contributed by atoms with Gasteiger partial charge >= 0.3 is 0 Å². The number of hydrogen-bond donors (Lipinski definition) is 0. The fourth-order valence-electron chi connectivity index (χ4n) is 3.74. The fourth-order valence-corrected chi connectivity index (χ4v) is 3.74. The first kappa shape index (κ1) is 8.70. The van der Waals surface area contributed by atoms with E-state index in [2.05, 4.69) is 0 Å². The van der Waals surface area contributed by atoms with Crippen molar-refractivity contribution in [2.75, 3.05) is 0 Å². The third kappa shape index (κ3) is 1.25. The SMILES string of the molecule is O=C1CCC2=C3CCCC3CCC2C1. The number of carbonyl (C=O) groups excluding carboxylic acids is 1. The molecule has 2 unspecified atom stereocenters. The summed E-state index contributed by atoms with van der Waals surface area (Å²) >= 11 is 0. The molecule has 76 valence electrons. The van der Waals surface area contributed by atoms with E-state index in [-0.39, 0.29) is 0 Å². The van der Waals surface area contributed by atoms with Gasteiger partial charge in [-0.05, 0) is 50.4 Å². The van der Waals surface area contributed by atoms with Gasteiger partial charge in [0.25, 0.3) is 0 Å². The van der Waals surface area contributed by atoms with Crippen LogP contribution in [0, 0.1) is 11.8 Å². The minimum atomic E-state index is 0.510. The van der Waals surface area contributed by atoms with Gasteiger partial charge in [0.15, 0.2) is 0 Å². The quantitative estimate of drug-likeness (QED) is 0.536. The lowest BCUT2D eigenvalue weighted by Gasteiger charge is -2.33. The van der Waals surface area contributed by atoms with Crippen molar-refractivity contribution in [3.8, 4) is 0 Å². The first-order valence-electron chi connectivity index (χ1n) is 6.08. The predicted octanol–water partition coefficient (Wildman–Crippen LogP) is 3.25. The summed E-state index contributed by atoms with van der Waals surface area (Å²) < 4.78 is 0. The van der Waals surface area contributed by atoms with Crippen LogP contribution in [0.15, 0.2) is 11.1 Å². The number of hydrogen-bond acceptors (Lipinski definition) is 1. The molecule has 2 atom stereocenters. The van der Waals surface area contributed by atoms with Gasteiger partial charge in [0, 0.05) is 12.8 Å². The molecular formula is C13H18O. The van der Waals surface area contributed by atoms with E-state index in [9.17, 15) is 4.79 Å². The molecule has 0 radical (unpaired) electrons. The van der Waals surface area contributed by atoms with Crippen molar-refractivity contribution in [2.24, 2.45) is 11.8 Å². The molecule has 1 nitrogen and oxygen atoms in total. The first-order valence-corrected chi connectivity index (χ1v) is 6.08. The second-order valence-corrected chi connectivity index (χ2v) is 5.16. The van der Waals surface area contributed by atoms with Gasteiger partial charge in [-0.1, -0.05) is 11.1 Å². The molecule has 3 aliphatic carbocycles. The lowest BCUT2D eigenvalue weighted by atomic mass is 9.71. The molecule has 3 aliphatic rings. The van der Waals surface area contributed by atoms with E-state index in [1.54, 1.807) is 11.1 Å². The van der Waals surface area contributed by atoms with Crippen LogP contribution < -0.4 is 0 Å². The molecule has 14 heavy (non-hydrogen) atoms. The molecule has 0 bridgehead atoms. The number of Topliss-reactive ketones (excluding diaryl/α,β-unsaturated/α-hetero) is 1. The first-order chi connectivity index (χ1) is 6.84. The van der Waals surface area contributed by atoms with Crippen molar-refractivity contribution in [3.05, 3.63) is 11.1 Å². The highest BCUT2D eigenvalue weighted by atomic mass is 16.1. The average Bonchev–Trinajstić information content (AvgIpc) is 2.65. The fraction of sp³-hybridized carbons (Fsp3) is 0.769. The van der Waals surface area contributed by atoms with E-state index in [0.29, 0.717) is 11.7 Å². The van der Waals surface area contributed by atoms with Gasteiger partial charge in [0.05, 0.1) is 0 Å². The normalized spacial score (nSPS) is 37.0. The van der Waals surface area contributed by atoms with E-state index in [4.69, 9.17) is 0 Å². The highest BCUT2D eigenvalue weighted by Crippen LogP contribution is 2.47. The lowest BCUT2D eigenvalue weighted by molar-refractivity contribution is -0.120. The van der Waals surface area contributed by atoms with Crippen LogP contribution in [0.2, 0.25) is 0 Å². The van der Waals surface area contributed by atoms with Crippen molar-refractivity contribution in [3.63, 3.8) is 0 Å². The average molecular weight is 190 g/mol. The largest absolute Gasteiger partial charge is 0.300 e. The molecule has 0 spiro atoms. The molecular weight excluding hydrogens is 172 g/mol.